The van der Waals surface area contributed by atoms with Gasteiger partial charge in [0.1, 0.15) is 0 Å². The highest BCUT2D eigenvalue weighted by Crippen LogP contribution is 2.20. The number of halogens is 1. The highest BCUT2D eigenvalue weighted by molar-refractivity contribution is 14.1. The third-order valence-corrected chi connectivity index (χ3v) is 3.37. The molecule has 1 aliphatic rings. The molecule has 4 nitrogen and oxygen atoms in total. The minimum atomic E-state index is -0.262. The Morgan fingerprint density at radius 1 is 1.47 bits per heavy atom. The average molecular weight is 319 g/mol. The number of aliphatic hydroxyl groups is 1. The fourth-order valence-electron chi connectivity index (χ4n) is 1.70. The molecule has 2 atom stereocenters. The maximum absolute atomic E-state index is 9.77. The number of anilines is 1. The lowest BCUT2D eigenvalue weighted by molar-refractivity contribution is 0.102. The quantitative estimate of drug-likeness (QED) is 0.793. The van der Waals surface area contributed by atoms with E-state index in [1.165, 1.54) is 0 Å². The van der Waals surface area contributed by atoms with Crippen molar-refractivity contribution in [2.24, 2.45) is 5.92 Å². The summed E-state index contributed by atoms with van der Waals surface area (Å²) in [6, 6.07) is 0. The van der Waals surface area contributed by atoms with Gasteiger partial charge in [0.15, 0.2) is 0 Å². The molecule has 0 saturated carbocycles. The van der Waals surface area contributed by atoms with E-state index in [-0.39, 0.29) is 6.10 Å². The van der Waals surface area contributed by atoms with Gasteiger partial charge in [-0.05, 0) is 34.9 Å². The first-order chi connectivity index (χ1) is 7.16. The van der Waals surface area contributed by atoms with Crippen LogP contribution in [0.4, 0.5) is 5.95 Å². The van der Waals surface area contributed by atoms with Crippen molar-refractivity contribution >= 4 is 28.5 Å². The van der Waals surface area contributed by atoms with Gasteiger partial charge in [-0.1, -0.05) is 6.92 Å². The van der Waals surface area contributed by atoms with Crippen LogP contribution in [0.2, 0.25) is 0 Å². The van der Waals surface area contributed by atoms with Crippen LogP contribution in [-0.2, 0) is 0 Å². The van der Waals surface area contributed by atoms with Crippen LogP contribution in [-0.4, -0.2) is 34.3 Å². The summed E-state index contributed by atoms with van der Waals surface area (Å²) in [5.74, 6) is 1.10. The zero-order valence-corrected chi connectivity index (χ0v) is 10.8. The number of aliphatic hydroxyl groups excluding tert-OH is 1. The first kappa shape index (κ1) is 11.1. The van der Waals surface area contributed by atoms with E-state index in [1.54, 1.807) is 12.4 Å². The highest BCUT2D eigenvalue weighted by atomic mass is 127. The summed E-state index contributed by atoms with van der Waals surface area (Å²) in [6.07, 6.45) is 4.33. The molecule has 15 heavy (non-hydrogen) atoms. The molecule has 0 amide bonds. The lowest BCUT2D eigenvalue weighted by atomic mass is 9.96. The first-order valence-electron chi connectivity index (χ1n) is 5.07. The predicted molar refractivity (Wildman–Crippen MR) is 66.7 cm³/mol. The van der Waals surface area contributed by atoms with Crippen LogP contribution >= 0.6 is 22.6 Å². The van der Waals surface area contributed by atoms with Crippen molar-refractivity contribution in [3.8, 4) is 0 Å². The fourth-order valence-corrected chi connectivity index (χ4v) is 1.98. The number of rotatable bonds is 1. The van der Waals surface area contributed by atoms with Gasteiger partial charge in [0, 0.05) is 29.1 Å². The third kappa shape index (κ3) is 2.57. The van der Waals surface area contributed by atoms with E-state index in [2.05, 4.69) is 39.5 Å². The average Bonchev–Trinajstić information content (AvgIpc) is 2.23. The molecule has 82 valence electrons. The molecular formula is C10H14IN3O. The number of hydrogen-bond acceptors (Lipinski definition) is 4. The Morgan fingerprint density at radius 3 is 2.73 bits per heavy atom. The third-order valence-electron chi connectivity index (χ3n) is 2.81. The van der Waals surface area contributed by atoms with Crippen LogP contribution in [0, 0.1) is 9.49 Å². The lowest BCUT2D eigenvalue weighted by Crippen LogP contribution is -2.43. The van der Waals surface area contributed by atoms with Crippen molar-refractivity contribution in [2.45, 2.75) is 19.4 Å². The SMILES string of the molecule is CC1CCN(c2ncc(I)cn2)CC1O. The van der Waals surface area contributed by atoms with E-state index >= 15 is 0 Å². The molecule has 1 aliphatic heterocycles. The van der Waals surface area contributed by atoms with E-state index in [9.17, 15) is 5.11 Å². The summed E-state index contributed by atoms with van der Waals surface area (Å²) in [5, 5.41) is 9.77. The van der Waals surface area contributed by atoms with Gasteiger partial charge in [0.05, 0.1) is 6.10 Å². The summed E-state index contributed by atoms with van der Waals surface area (Å²) < 4.78 is 1.03. The van der Waals surface area contributed by atoms with Crippen LogP contribution < -0.4 is 4.90 Å². The standard InChI is InChI=1S/C10H14IN3O/c1-7-2-3-14(6-9(7)15)10-12-4-8(11)5-13-10/h4-5,7,9,15H,2-3,6H2,1H3. The van der Waals surface area contributed by atoms with E-state index in [0.29, 0.717) is 12.5 Å². The molecule has 1 aromatic heterocycles. The number of piperidine rings is 1. The molecule has 0 aromatic carbocycles. The van der Waals surface area contributed by atoms with E-state index in [4.69, 9.17) is 0 Å². The highest BCUT2D eigenvalue weighted by Gasteiger charge is 2.25. The van der Waals surface area contributed by atoms with Gasteiger partial charge in [-0.25, -0.2) is 9.97 Å². The minimum Gasteiger partial charge on any atom is -0.391 e. The Bertz CT molecular complexity index is 330. The Hall–Kier alpha value is -0.430. The summed E-state index contributed by atoms with van der Waals surface area (Å²) >= 11 is 2.18. The van der Waals surface area contributed by atoms with Gasteiger partial charge < -0.3 is 10.0 Å². The molecule has 2 heterocycles. The Kier molecular flexibility index (Phi) is 3.40. The summed E-state index contributed by atoms with van der Waals surface area (Å²) in [6.45, 7) is 3.65. The molecule has 2 unspecified atom stereocenters. The summed E-state index contributed by atoms with van der Waals surface area (Å²) in [4.78, 5) is 10.6. The summed E-state index contributed by atoms with van der Waals surface area (Å²) in [5.41, 5.74) is 0. The monoisotopic (exact) mass is 319 g/mol. The van der Waals surface area contributed by atoms with Gasteiger partial charge in [-0.3, -0.25) is 0 Å². The molecule has 0 spiro atoms. The second kappa shape index (κ2) is 4.61. The molecule has 1 saturated heterocycles. The number of hydrogen-bond donors (Lipinski definition) is 1. The first-order valence-corrected chi connectivity index (χ1v) is 6.15. The number of β-amino-alcohol motifs (C(OH)–C–C–N with tert-alkyl or cyclic N) is 1. The van der Waals surface area contributed by atoms with Crippen molar-refractivity contribution < 1.29 is 5.11 Å². The maximum atomic E-state index is 9.77. The molecule has 5 heteroatoms. The Labute approximate surface area is 103 Å². The normalized spacial score (nSPS) is 26.7. The molecule has 2 rings (SSSR count). The van der Waals surface area contributed by atoms with Crippen molar-refractivity contribution in [1.29, 1.82) is 0 Å². The van der Waals surface area contributed by atoms with Crippen LogP contribution in [0.3, 0.4) is 0 Å². The Balaban J connectivity index is 2.08. The lowest BCUT2D eigenvalue weighted by Gasteiger charge is -2.34. The second-order valence-corrected chi connectivity index (χ2v) is 5.23. The van der Waals surface area contributed by atoms with Crippen molar-refractivity contribution in [3.63, 3.8) is 0 Å². The van der Waals surface area contributed by atoms with Crippen molar-refractivity contribution in [3.05, 3.63) is 16.0 Å². The number of aromatic nitrogens is 2. The van der Waals surface area contributed by atoms with Crippen molar-refractivity contribution in [2.75, 3.05) is 18.0 Å². The topological polar surface area (TPSA) is 49.2 Å². The van der Waals surface area contributed by atoms with Crippen LogP contribution in [0.15, 0.2) is 12.4 Å². The van der Waals surface area contributed by atoms with Crippen molar-refractivity contribution in [1.82, 2.24) is 9.97 Å². The van der Waals surface area contributed by atoms with Crippen LogP contribution in [0.1, 0.15) is 13.3 Å². The fraction of sp³-hybridized carbons (Fsp3) is 0.600. The molecule has 1 aromatic rings. The molecule has 0 aliphatic carbocycles. The second-order valence-electron chi connectivity index (χ2n) is 3.98. The van der Waals surface area contributed by atoms with E-state index in [1.807, 2.05) is 4.90 Å². The molecule has 0 radical (unpaired) electrons. The van der Waals surface area contributed by atoms with Gasteiger partial charge in [0.25, 0.3) is 0 Å². The van der Waals surface area contributed by atoms with Gasteiger partial charge in [0.2, 0.25) is 5.95 Å². The smallest absolute Gasteiger partial charge is 0.225 e. The van der Waals surface area contributed by atoms with E-state index < -0.39 is 0 Å². The molecular weight excluding hydrogens is 305 g/mol. The predicted octanol–water partition coefficient (Wildman–Crippen LogP) is 1.29. The summed E-state index contributed by atoms with van der Waals surface area (Å²) in [7, 11) is 0. The van der Waals surface area contributed by atoms with Gasteiger partial charge >= 0.3 is 0 Å². The zero-order chi connectivity index (χ0) is 10.8. The largest absolute Gasteiger partial charge is 0.391 e. The maximum Gasteiger partial charge on any atom is 0.225 e. The van der Waals surface area contributed by atoms with E-state index in [0.717, 1.165) is 22.5 Å². The minimum absolute atomic E-state index is 0.262. The number of nitrogens with zero attached hydrogens (tertiary/aromatic N) is 3. The molecule has 0 bridgehead atoms. The van der Waals surface area contributed by atoms with Gasteiger partial charge in [-0.2, -0.15) is 0 Å². The molecule has 1 N–H and O–H groups in total. The van der Waals surface area contributed by atoms with Gasteiger partial charge in [-0.15, -0.1) is 0 Å². The zero-order valence-electron chi connectivity index (χ0n) is 8.60. The van der Waals surface area contributed by atoms with Crippen LogP contribution in [0.25, 0.3) is 0 Å². The van der Waals surface area contributed by atoms with Crippen LogP contribution in [0.5, 0.6) is 0 Å². The Morgan fingerprint density at radius 2 is 2.13 bits per heavy atom. The molecule has 1 fully saturated rings.